The number of benzene rings is 2. The molecule has 0 saturated carbocycles. The largest absolute Gasteiger partial charge is 0.355 e. The summed E-state index contributed by atoms with van der Waals surface area (Å²) in [6.07, 6.45) is 3.39. The average Bonchev–Trinajstić information content (AvgIpc) is 2.81. The van der Waals surface area contributed by atoms with Crippen molar-refractivity contribution in [3.05, 3.63) is 101 Å². The van der Waals surface area contributed by atoms with Crippen molar-refractivity contribution in [1.82, 2.24) is 15.2 Å². The molecule has 160 valence electrons. The Balaban J connectivity index is 1.43. The van der Waals surface area contributed by atoms with E-state index in [4.69, 9.17) is 11.6 Å². The number of aromatic nitrogens is 1. The van der Waals surface area contributed by atoms with Gasteiger partial charge in [0.05, 0.1) is 5.92 Å². The van der Waals surface area contributed by atoms with Crippen molar-refractivity contribution >= 4 is 17.5 Å². The lowest BCUT2D eigenvalue weighted by Gasteiger charge is -2.37. The Morgan fingerprint density at radius 2 is 1.77 bits per heavy atom. The van der Waals surface area contributed by atoms with E-state index in [1.807, 2.05) is 42.5 Å². The molecule has 2 atom stereocenters. The van der Waals surface area contributed by atoms with Crippen LogP contribution in [0.25, 0.3) is 0 Å². The first-order valence-corrected chi connectivity index (χ1v) is 11.2. The fourth-order valence-corrected chi connectivity index (χ4v) is 4.54. The van der Waals surface area contributed by atoms with Crippen molar-refractivity contribution < 1.29 is 4.79 Å². The number of carbonyl (C=O) groups excluding carboxylic acids is 1. The molecule has 4 nitrogen and oxygen atoms in total. The van der Waals surface area contributed by atoms with E-state index in [0.29, 0.717) is 12.5 Å². The number of piperidine rings is 1. The summed E-state index contributed by atoms with van der Waals surface area (Å²) >= 11 is 6.41. The highest BCUT2D eigenvalue weighted by molar-refractivity contribution is 6.31. The molecule has 0 aliphatic carbocycles. The molecule has 5 heteroatoms. The summed E-state index contributed by atoms with van der Waals surface area (Å²) in [7, 11) is 0. The van der Waals surface area contributed by atoms with Crippen LogP contribution in [0.5, 0.6) is 0 Å². The van der Waals surface area contributed by atoms with Gasteiger partial charge in [0.15, 0.2) is 0 Å². The fraction of sp³-hybridized carbons (Fsp3) is 0.308. The third kappa shape index (κ3) is 5.93. The quantitative estimate of drug-likeness (QED) is 0.587. The van der Waals surface area contributed by atoms with Gasteiger partial charge in [0.25, 0.3) is 0 Å². The summed E-state index contributed by atoms with van der Waals surface area (Å²) in [5.41, 5.74) is 3.39. The summed E-state index contributed by atoms with van der Waals surface area (Å²) in [6.45, 7) is 3.02. The van der Waals surface area contributed by atoms with Gasteiger partial charge in [-0.15, -0.1) is 0 Å². The molecule has 0 radical (unpaired) electrons. The molecule has 31 heavy (non-hydrogen) atoms. The van der Waals surface area contributed by atoms with Crippen LogP contribution >= 0.6 is 11.6 Å². The van der Waals surface area contributed by atoms with Crippen molar-refractivity contribution in [2.45, 2.75) is 25.3 Å². The molecule has 1 aromatic heterocycles. The number of rotatable bonds is 7. The third-order valence-corrected chi connectivity index (χ3v) is 6.30. The van der Waals surface area contributed by atoms with Crippen LogP contribution in [-0.2, 0) is 17.8 Å². The number of likely N-dealkylation sites (tertiary alicyclic amines) is 1. The smallest absolute Gasteiger partial charge is 0.224 e. The number of nitrogens with one attached hydrogen (secondary N) is 1. The van der Waals surface area contributed by atoms with Crippen LogP contribution in [0.3, 0.4) is 0 Å². The fourth-order valence-electron chi connectivity index (χ4n) is 4.35. The zero-order valence-electron chi connectivity index (χ0n) is 17.6. The van der Waals surface area contributed by atoms with Gasteiger partial charge >= 0.3 is 0 Å². The van der Waals surface area contributed by atoms with Crippen LogP contribution < -0.4 is 5.32 Å². The number of halogens is 1. The zero-order chi connectivity index (χ0) is 21.5. The second-order valence-corrected chi connectivity index (χ2v) is 8.60. The second-order valence-electron chi connectivity index (χ2n) is 8.19. The van der Waals surface area contributed by atoms with E-state index in [0.717, 1.165) is 48.8 Å². The Bertz CT molecular complexity index is 980. The maximum absolute atomic E-state index is 13.0. The van der Waals surface area contributed by atoms with E-state index in [1.54, 1.807) is 6.20 Å². The zero-order valence-corrected chi connectivity index (χ0v) is 18.3. The Morgan fingerprint density at radius 1 is 1.00 bits per heavy atom. The first-order chi connectivity index (χ1) is 15.2. The van der Waals surface area contributed by atoms with E-state index in [1.165, 1.54) is 5.56 Å². The van der Waals surface area contributed by atoms with E-state index in [2.05, 4.69) is 45.5 Å². The number of hydrogen-bond donors (Lipinski definition) is 1. The van der Waals surface area contributed by atoms with Crippen LogP contribution in [-0.4, -0.2) is 35.4 Å². The average molecular weight is 434 g/mol. The van der Waals surface area contributed by atoms with E-state index < -0.39 is 0 Å². The molecule has 2 aromatic carbocycles. The van der Waals surface area contributed by atoms with Crippen molar-refractivity contribution in [2.24, 2.45) is 5.92 Å². The minimum absolute atomic E-state index is 0.0508. The van der Waals surface area contributed by atoms with Gasteiger partial charge in [0, 0.05) is 49.5 Å². The third-order valence-electron chi connectivity index (χ3n) is 5.93. The van der Waals surface area contributed by atoms with Gasteiger partial charge in [-0.3, -0.25) is 14.7 Å². The van der Waals surface area contributed by atoms with Crippen molar-refractivity contribution in [3.8, 4) is 0 Å². The van der Waals surface area contributed by atoms with E-state index >= 15 is 0 Å². The number of amides is 1. The van der Waals surface area contributed by atoms with Gasteiger partial charge in [0.2, 0.25) is 5.91 Å². The summed E-state index contributed by atoms with van der Waals surface area (Å²) in [5.74, 6) is 0.398. The Kier molecular flexibility index (Phi) is 7.34. The number of hydrogen-bond acceptors (Lipinski definition) is 3. The van der Waals surface area contributed by atoms with Crippen molar-refractivity contribution in [1.29, 1.82) is 0 Å². The minimum Gasteiger partial charge on any atom is -0.355 e. The highest BCUT2D eigenvalue weighted by atomic mass is 35.5. The van der Waals surface area contributed by atoms with Crippen molar-refractivity contribution in [2.75, 3.05) is 19.6 Å². The lowest BCUT2D eigenvalue weighted by Crippen LogP contribution is -2.45. The van der Waals surface area contributed by atoms with Gasteiger partial charge in [-0.1, -0.05) is 66.2 Å². The van der Waals surface area contributed by atoms with Gasteiger partial charge in [0.1, 0.15) is 0 Å². The molecule has 2 unspecified atom stereocenters. The van der Waals surface area contributed by atoms with Gasteiger partial charge in [-0.05, 0) is 41.7 Å². The summed E-state index contributed by atoms with van der Waals surface area (Å²) in [4.78, 5) is 19.7. The van der Waals surface area contributed by atoms with E-state index in [-0.39, 0.29) is 11.8 Å². The Labute approximate surface area is 189 Å². The normalized spacial score (nSPS) is 19.1. The number of carbonyl (C=O) groups is 1. The molecule has 0 bridgehead atoms. The van der Waals surface area contributed by atoms with Crippen molar-refractivity contribution in [3.63, 3.8) is 0 Å². The van der Waals surface area contributed by atoms with Crippen LogP contribution in [0.15, 0.2) is 79.0 Å². The van der Waals surface area contributed by atoms with Crippen LogP contribution in [0.1, 0.15) is 29.2 Å². The summed E-state index contributed by atoms with van der Waals surface area (Å²) < 4.78 is 0. The topological polar surface area (TPSA) is 45.2 Å². The highest BCUT2D eigenvalue weighted by Gasteiger charge is 2.32. The first-order valence-electron chi connectivity index (χ1n) is 10.9. The molecule has 1 aliphatic heterocycles. The highest BCUT2D eigenvalue weighted by Crippen LogP contribution is 2.32. The Morgan fingerprint density at radius 3 is 2.55 bits per heavy atom. The lowest BCUT2D eigenvalue weighted by molar-refractivity contribution is -0.127. The molecular weight excluding hydrogens is 406 g/mol. The molecule has 0 spiro atoms. The molecular formula is C26H28ClN3O. The standard InChI is InChI=1S/C26H28ClN3O/c27-25-12-5-4-10-21(25)17-30-18-22(20-8-2-1-3-9-20)16-23(19-30)26(31)29-15-13-24-11-6-7-14-28-24/h1-12,14,22-23H,13,15-19H2,(H,29,31). The second kappa shape index (κ2) is 10.6. The van der Waals surface area contributed by atoms with E-state index in [9.17, 15) is 4.79 Å². The maximum Gasteiger partial charge on any atom is 0.224 e. The molecule has 1 aliphatic rings. The molecule has 1 N–H and O–H groups in total. The monoisotopic (exact) mass is 433 g/mol. The van der Waals surface area contributed by atoms with Gasteiger partial charge < -0.3 is 5.32 Å². The molecule has 1 amide bonds. The molecule has 3 aromatic rings. The lowest BCUT2D eigenvalue weighted by atomic mass is 9.84. The summed E-state index contributed by atoms with van der Waals surface area (Å²) in [5, 5.41) is 3.92. The first kappa shape index (κ1) is 21.5. The van der Waals surface area contributed by atoms with Crippen LogP contribution in [0.4, 0.5) is 0 Å². The number of nitrogens with zero attached hydrogens (tertiary/aromatic N) is 2. The van der Waals surface area contributed by atoms with Crippen LogP contribution in [0, 0.1) is 5.92 Å². The number of pyridine rings is 1. The van der Waals surface area contributed by atoms with Gasteiger partial charge in [-0.2, -0.15) is 0 Å². The molecule has 2 heterocycles. The predicted octanol–water partition coefficient (Wildman–Crippen LogP) is 4.70. The Hall–Kier alpha value is -2.69. The van der Waals surface area contributed by atoms with Crippen LogP contribution in [0.2, 0.25) is 5.02 Å². The minimum atomic E-state index is -0.0508. The summed E-state index contributed by atoms with van der Waals surface area (Å²) in [6, 6.07) is 24.3. The maximum atomic E-state index is 13.0. The molecule has 1 saturated heterocycles. The predicted molar refractivity (Wildman–Crippen MR) is 125 cm³/mol. The van der Waals surface area contributed by atoms with Gasteiger partial charge in [-0.25, -0.2) is 0 Å². The SMILES string of the molecule is O=C(NCCc1ccccn1)C1CC(c2ccccc2)CN(Cc2ccccc2Cl)C1. The molecule has 4 rings (SSSR count). The molecule has 1 fully saturated rings.